The molecular weight excluding hydrogens is 350 g/mol. The van der Waals surface area contributed by atoms with Crippen LogP contribution in [-0.2, 0) is 6.54 Å². The predicted octanol–water partition coefficient (Wildman–Crippen LogP) is 5.35. The summed E-state index contributed by atoms with van der Waals surface area (Å²) >= 11 is 9.72. The average Bonchev–Trinajstić information content (AvgIpc) is 2.51. The lowest BCUT2D eigenvalue weighted by Gasteiger charge is -2.20. The van der Waals surface area contributed by atoms with Crippen molar-refractivity contribution in [3.63, 3.8) is 0 Å². The minimum Gasteiger partial charge on any atom is -0.496 e. The summed E-state index contributed by atoms with van der Waals surface area (Å²) in [4.78, 5) is 0. The van der Waals surface area contributed by atoms with Crippen molar-refractivity contribution in [3.05, 3.63) is 63.1 Å². The summed E-state index contributed by atoms with van der Waals surface area (Å²) in [6, 6.07) is 14.2. The van der Waals surface area contributed by atoms with Crippen molar-refractivity contribution in [1.29, 1.82) is 0 Å². The maximum atomic E-state index is 6.24. The Bertz CT molecular complexity index is 603. The number of para-hydroxylation sites is 1. The molecule has 0 fully saturated rings. The fourth-order valence-corrected chi connectivity index (χ4v) is 2.93. The van der Waals surface area contributed by atoms with Crippen LogP contribution in [0.5, 0.6) is 5.75 Å². The SMILES string of the molecule is CCC(NCc1cc(Br)ccc1Cl)c1ccccc1OC. The molecule has 1 N–H and O–H groups in total. The summed E-state index contributed by atoms with van der Waals surface area (Å²) in [6.45, 7) is 2.88. The normalized spacial score (nSPS) is 12.2. The summed E-state index contributed by atoms with van der Waals surface area (Å²) in [5.74, 6) is 0.914. The monoisotopic (exact) mass is 367 g/mol. The van der Waals surface area contributed by atoms with Crippen molar-refractivity contribution in [2.24, 2.45) is 0 Å². The third kappa shape index (κ3) is 4.22. The highest BCUT2D eigenvalue weighted by Crippen LogP contribution is 2.28. The van der Waals surface area contributed by atoms with Gasteiger partial charge in [-0.2, -0.15) is 0 Å². The molecule has 0 heterocycles. The van der Waals surface area contributed by atoms with Crippen LogP contribution in [0.15, 0.2) is 46.9 Å². The zero-order chi connectivity index (χ0) is 15.2. The Kier molecular flexibility index (Phi) is 6.09. The van der Waals surface area contributed by atoms with Crippen molar-refractivity contribution < 1.29 is 4.74 Å². The molecule has 0 aromatic heterocycles. The molecule has 0 radical (unpaired) electrons. The molecule has 2 nitrogen and oxygen atoms in total. The van der Waals surface area contributed by atoms with Crippen LogP contribution in [0.2, 0.25) is 5.02 Å². The van der Waals surface area contributed by atoms with Gasteiger partial charge in [-0.05, 0) is 36.2 Å². The molecule has 0 bridgehead atoms. The number of ether oxygens (including phenoxy) is 1. The summed E-state index contributed by atoms with van der Waals surface area (Å²) < 4.78 is 6.49. The van der Waals surface area contributed by atoms with E-state index in [1.54, 1.807) is 7.11 Å². The highest BCUT2D eigenvalue weighted by atomic mass is 79.9. The first-order chi connectivity index (χ1) is 10.2. The van der Waals surface area contributed by atoms with Gasteiger partial charge in [0.15, 0.2) is 0 Å². The van der Waals surface area contributed by atoms with Crippen LogP contribution in [0.25, 0.3) is 0 Å². The molecule has 4 heteroatoms. The van der Waals surface area contributed by atoms with Crippen LogP contribution < -0.4 is 10.1 Å². The lowest BCUT2D eigenvalue weighted by molar-refractivity contribution is 0.396. The van der Waals surface area contributed by atoms with E-state index < -0.39 is 0 Å². The second-order valence-corrected chi connectivity index (χ2v) is 6.14. The van der Waals surface area contributed by atoms with Crippen molar-refractivity contribution in [1.82, 2.24) is 5.32 Å². The summed E-state index contributed by atoms with van der Waals surface area (Å²) in [6.07, 6.45) is 0.978. The van der Waals surface area contributed by atoms with Gasteiger partial charge in [0.25, 0.3) is 0 Å². The lowest BCUT2D eigenvalue weighted by Crippen LogP contribution is -2.21. The van der Waals surface area contributed by atoms with Gasteiger partial charge in [-0.15, -0.1) is 0 Å². The Hall–Kier alpha value is -1.03. The standard InChI is InChI=1S/C17H19BrClNO/c1-3-16(14-6-4-5-7-17(14)21-2)20-11-12-10-13(18)8-9-15(12)19/h4-10,16,20H,3,11H2,1-2H3. The number of hydrogen-bond acceptors (Lipinski definition) is 2. The minimum absolute atomic E-state index is 0.233. The van der Waals surface area contributed by atoms with E-state index in [2.05, 4.69) is 34.2 Å². The Morgan fingerprint density at radius 2 is 2.00 bits per heavy atom. The molecule has 1 atom stereocenters. The van der Waals surface area contributed by atoms with Crippen LogP contribution in [0.3, 0.4) is 0 Å². The van der Waals surface area contributed by atoms with Crippen LogP contribution >= 0.6 is 27.5 Å². The zero-order valence-electron chi connectivity index (χ0n) is 12.2. The van der Waals surface area contributed by atoms with Gasteiger partial charge in [0.1, 0.15) is 5.75 Å². The van der Waals surface area contributed by atoms with E-state index in [4.69, 9.17) is 16.3 Å². The van der Waals surface area contributed by atoms with Crippen LogP contribution in [0, 0.1) is 0 Å². The third-order valence-electron chi connectivity index (χ3n) is 3.47. The largest absolute Gasteiger partial charge is 0.496 e. The van der Waals surface area contributed by atoms with E-state index >= 15 is 0 Å². The van der Waals surface area contributed by atoms with Crippen LogP contribution in [0.4, 0.5) is 0 Å². The van der Waals surface area contributed by atoms with E-state index in [-0.39, 0.29) is 6.04 Å². The summed E-state index contributed by atoms with van der Waals surface area (Å²) in [5.41, 5.74) is 2.26. The Morgan fingerprint density at radius 1 is 1.24 bits per heavy atom. The zero-order valence-corrected chi connectivity index (χ0v) is 14.5. The number of benzene rings is 2. The molecule has 2 aromatic rings. The number of halogens is 2. The van der Waals surface area contributed by atoms with Gasteiger partial charge in [0, 0.05) is 27.6 Å². The number of rotatable bonds is 6. The Balaban J connectivity index is 2.14. The molecule has 0 aliphatic carbocycles. The molecule has 2 rings (SSSR count). The van der Waals surface area contributed by atoms with Gasteiger partial charge in [-0.1, -0.05) is 52.7 Å². The van der Waals surface area contributed by atoms with Crippen molar-refractivity contribution in [2.75, 3.05) is 7.11 Å². The molecule has 0 amide bonds. The van der Waals surface area contributed by atoms with Gasteiger partial charge in [-0.3, -0.25) is 0 Å². The maximum Gasteiger partial charge on any atom is 0.123 e. The molecule has 112 valence electrons. The van der Waals surface area contributed by atoms with Gasteiger partial charge in [0.2, 0.25) is 0 Å². The molecule has 0 saturated carbocycles. The average molecular weight is 369 g/mol. The fraction of sp³-hybridized carbons (Fsp3) is 0.294. The molecular formula is C17H19BrClNO. The number of methoxy groups -OCH3 is 1. The first-order valence-corrected chi connectivity index (χ1v) is 8.13. The van der Waals surface area contributed by atoms with E-state index in [1.807, 2.05) is 36.4 Å². The first kappa shape index (κ1) is 16.3. The molecule has 1 unspecified atom stereocenters. The van der Waals surface area contributed by atoms with Crippen molar-refractivity contribution in [2.45, 2.75) is 25.9 Å². The maximum absolute atomic E-state index is 6.24. The predicted molar refractivity (Wildman–Crippen MR) is 92.0 cm³/mol. The smallest absolute Gasteiger partial charge is 0.123 e. The van der Waals surface area contributed by atoms with E-state index in [1.165, 1.54) is 5.56 Å². The molecule has 0 aliphatic heterocycles. The van der Waals surface area contributed by atoms with Crippen molar-refractivity contribution in [3.8, 4) is 5.75 Å². The van der Waals surface area contributed by atoms with Crippen molar-refractivity contribution >= 4 is 27.5 Å². The summed E-state index contributed by atoms with van der Waals surface area (Å²) in [7, 11) is 1.71. The lowest BCUT2D eigenvalue weighted by atomic mass is 10.0. The van der Waals surface area contributed by atoms with Gasteiger partial charge < -0.3 is 10.1 Å². The third-order valence-corrected chi connectivity index (χ3v) is 4.33. The van der Waals surface area contributed by atoms with Gasteiger partial charge in [-0.25, -0.2) is 0 Å². The molecule has 21 heavy (non-hydrogen) atoms. The highest BCUT2D eigenvalue weighted by Gasteiger charge is 2.14. The van der Waals surface area contributed by atoms with E-state index in [0.717, 1.165) is 33.8 Å². The molecule has 0 spiro atoms. The number of nitrogens with one attached hydrogen (secondary N) is 1. The summed E-state index contributed by atoms with van der Waals surface area (Å²) in [5, 5.41) is 4.34. The second-order valence-electron chi connectivity index (χ2n) is 4.82. The fourth-order valence-electron chi connectivity index (χ4n) is 2.34. The quantitative estimate of drug-likeness (QED) is 0.742. The Morgan fingerprint density at radius 3 is 2.71 bits per heavy atom. The van der Waals surface area contributed by atoms with Gasteiger partial charge in [0.05, 0.1) is 7.11 Å². The molecule has 2 aromatic carbocycles. The second kappa shape index (κ2) is 7.83. The molecule has 0 aliphatic rings. The minimum atomic E-state index is 0.233. The highest BCUT2D eigenvalue weighted by molar-refractivity contribution is 9.10. The molecule has 0 saturated heterocycles. The number of hydrogen-bond donors (Lipinski definition) is 1. The first-order valence-electron chi connectivity index (χ1n) is 6.96. The van der Waals surface area contributed by atoms with E-state index in [0.29, 0.717) is 0 Å². The Labute approximate surface area is 139 Å². The van der Waals surface area contributed by atoms with Crippen LogP contribution in [0.1, 0.15) is 30.5 Å². The van der Waals surface area contributed by atoms with Crippen LogP contribution in [-0.4, -0.2) is 7.11 Å². The van der Waals surface area contributed by atoms with E-state index in [9.17, 15) is 0 Å². The topological polar surface area (TPSA) is 21.3 Å². The van der Waals surface area contributed by atoms with Gasteiger partial charge >= 0.3 is 0 Å².